The Bertz CT molecular complexity index is 858. The van der Waals surface area contributed by atoms with Crippen LogP contribution in [0.2, 0.25) is 0 Å². The van der Waals surface area contributed by atoms with Gasteiger partial charge in [-0.2, -0.15) is 0 Å². The summed E-state index contributed by atoms with van der Waals surface area (Å²) in [4.78, 5) is 39.8. The molecule has 1 N–H and O–H groups in total. The fourth-order valence-electron chi connectivity index (χ4n) is 2.98. The fourth-order valence-corrected chi connectivity index (χ4v) is 2.98. The van der Waals surface area contributed by atoms with Crippen LogP contribution in [0.25, 0.3) is 0 Å². The Kier molecular flexibility index (Phi) is 5.65. The van der Waals surface area contributed by atoms with Crippen molar-refractivity contribution in [3.63, 3.8) is 0 Å². The highest BCUT2D eigenvalue weighted by Crippen LogP contribution is 2.21. The highest BCUT2D eigenvalue weighted by molar-refractivity contribution is 6.04. The highest BCUT2D eigenvalue weighted by atomic mass is 16.5. The number of hydrogen-bond acceptors (Lipinski definition) is 5. The van der Waals surface area contributed by atoms with Crippen molar-refractivity contribution >= 4 is 17.7 Å². The predicted octanol–water partition coefficient (Wildman–Crippen LogP) is 3.46. The number of aryl methyl sites for hydroxylation is 3. The van der Waals surface area contributed by atoms with Crippen LogP contribution in [0.15, 0.2) is 18.2 Å². The van der Waals surface area contributed by atoms with E-state index in [-0.39, 0.29) is 5.69 Å². The maximum Gasteiger partial charge on any atom is 0.339 e. The number of H-pyrrole nitrogens is 1. The molecular weight excluding hydrogens is 334 g/mol. The lowest BCUT2D eigenvalue weighted by atomic mass is 10.1. The summed E-state index contributed by atoms with van der Waals surface area (Å²) in [6.45, 7) is 8.62. The quantitative estimate of drug-likeness (QED) is 0.654. The van der Waals surface area contributed by atoms with Gasteiger partial charge in [0.1, 0.15) is 0 Å². The van der Waals surface area contributed by atoms with E-state index in [0.29, 0.717) is 22.4 Å². The number of hydrogen-bond donors (Lipinski definition) is 1. The Labute approximate surface area is 152 Å². The van der Waals surface area contributed by atoms with E-state index >= 15 is 0 Å². The third-order valence-corrected chi connectivity index (χ3v) is 4.18. The molecule has 1 aromatic heterocycles. The minimum Gasteiger partial charge on any atom is -0.465 e. The molecule has 1 aromatic carbocycles. The molecule has 0 saturated heterocycles. The average Bonchev–Trinajstić information content (AvgIpc) is 2.87. The van der Waals surface area contributed by atoms with E-state index in [1.165, 1.54) is 14.0 Å². The first-order chi connectivity index (χ1) is 12.1. The van der Waals surface area contributed by atoms with Crippen LogP contribution in [-0.4, -0.2) is 35.9 Å². The van der Waals surface area contributed by atoms with Crippen LogP contribution in [-0.2, 0) is 9.47 Å². The van der Waals surface area contributed by atoms with Crippen molar-refractivity contribution in [3.05, 3.63) is 57.4 Å². The Balaban J connectivity index is 2.22. The summed E-state index contributed by atoms with van der Waals surface area (Å²) in [5, 5.41) is 0. The molecule has 0 amide bonds. The molecule has 6 nitrogen and oxygen atoms in total. The van der Waals surface area contributed by atoms with Crippen molar-refractivity contribution in [2.75, 3.05) is 7.11 Å². The molecule has 0 aliphatic rings. The maximum atomic E-state index is 12.7. The molecule has 2 rings (SSSR count). The topological polar surface area (TPSA) is 85.5 Å². The zero-order chi connectivity index (χ0) is 19.6. The number of ketones is 1. The summed E-state index contributed by atoms with van der Waals surface area (Å²) in [5.74, 6) is -1.49. The van der Waals surface area contributed by atoms with Crippen molar-refractivity contribution in [2.45, 2.75) is 40.7 Å². The molecule has 0 saturated carbocycles. The number of aromatic amines is 1. The maximum absolute atomic E-state index is 12.7. The van der Waals surface area contributed by atoms with Gasteiger partial charge in [0.2, 0.25) is 5.78 Å². The molecule has 6 heteroatoms. The molecule has 0 spiro atoms. The number of carbonyl (C=O) groups is 3. The van der Waals surface area contributed by atoms with Crippen molar-refractivity contribution in [1.29, 1.82) is 0 Å². The van der Waals surface area contributed by atoms with Gasteiger partial charge in [-0.1, -0.05) is 17.2 Å². The summed E-state index contributed by atoms with van der Waals surface area (Å²) >= 11 is 0. The van der Waals surface area contributed by atoms with Crippen LogP contribution in [0.3, 0.4) is 0 Å². The van der Waals surface area contributed by atoms with Crippen LogP contribution < -0.4 is 0 Å². The monoisotopic (exact) mass is 357 g/mol. The summed E-state index contributed by atoms with van der Waals surface area (Å²) in [7, 11) is 1.28. The van der Waals surface area contributed by atoms with Gasteiger partial charge in [0.25, 0.3) is 0 Å². The third kappa shape index (κ3) is 3.85. The lowest BCUT2D eigenvalue weighted by Crippen LogP contribution is -2.25. The van der Waals surface area contributed by atoms with Gasteiger partial charge in [0.15, 0.2) is 6.10 Å². The first-order valence-electron chi connectivity index (χ1n) is 8.26. The van der Waals surface area contributed by atoms with Crippen LogP contribution in [0, 0.1) is 27.7 Å². The van der Waals surface area contributed by atoms with Gasteiger partial charge in [-0.25, -0.2) is 9.59 Å². The van der Waals surface area contributed by atoms with Gasteiger partial charge in [0, 0.05) is 5.69 Å². The van der Waals surface area contributed by atoms with Crippen molar-refractivity contribution in [3.8, 4) is 0 Å². The second-order valence-corrected chi connectivity index (χ2v) is 6.40. The molecule has 2 aromatic rings. The Morgan fingerprint density at radius 3 is 2.08 bits per heavy atom. The molecule has 0 aliphatic carbocycles. The van der Waals surface area contributed by atoms with Gasteiger partial charge >= 0.3 is 11.9 Å². The zero-order valence-corrected chi connectivity index (χ0v) is 15.9. The fraction of sp³-hybridized carbons (Fsp3) is 0.350. The number of benzene rings is 1. The van der Waals surface area contributed by atoms with Crippen molar-refractivity contribution < 1.29 is 23.9 Å². The lowest BCUT2D eigenvalue weighted by molar-refractivity contribution is 0.0316. The van der Waals surface area contributed by atoms with Gasteiger partial charge in [0.05, 0.1) is 23.9 Å². The van der Waals surface area contributed by atoms with E-state index in [9.17, 15) is 14.4 Å². The van der Waals surface area contributed by atoms with Crippen molar-refractivity contribution in [1.82, 2.24) is 4.98 Å². The van der Waals surface area contributed by atoms with Crippen LogP contribution in [0.5, 0.6) is 0 Å². The SMILES string of the molecule is COC(=O)c1c(C)[nH]c(C(=O)[C@H](C)OC(=O)c2cc(C)cc(C)c2)c1C. The Hall–Kier alpha value is -2.89. The number of Topliss-reactive ketones (excluding diaryl/α,β-unsaturated/α-hetero) is 1. The van der Waals surface area contributed by atoms with Gasteiger partial charge in [-0.3, -0.25) is 4.79 Å². The molecule has 138 valence electrons. The van der Waals surface area contributed by atoms with Gasteiger partial charge < -0.3 is 14.5 Å². The molecule has 0 radical (unpaired) electrons. The average molecular weight is 357 g/mol. The summed E-state index contributed by atoms with van der Waals surface area (Å²) in [6, 6.07) is 5.38. The van der Waals surface area contributed by atoms with E-state index < -0.39 is 23.8 Å². The molecule has 0 bridgehead atoms. The molecule has 0 fully saturated rings. The van der Waals surface area contributed by atoms with Crippen LogP contribution >= 0.6 is 0 Å². The number of ether oxygens (including phenoxy) is 2. The van der Waals surface area contributed by atoms with E-state index in [2.05, 4.69) is 4.98 Å². The minimum absolute atomic E-state index is 0.239. The highest BCUT2D eigenvalue weighted by Gasteiger charge is 2.27. The number of nitrogens with one attached hydrogen (secondary N) is 1. The first kappa shape index (κ1) is 19.4. The van der Waals surface area contributed by atoms with Crippen molar-refractivity contribution in [2.24, 2.45) is 0 Å². The smallest absolute Gasteiger partial charge is 0.339 e. The van der Waals surface area contributed by atoms with E-state index in [1.807, 2.05) is 19.9 Å². The standard InChI is InChI=1S/C20H23NO5/c1-10-7-11(2)9-15(8-10)19(23)26-14(5)18(22)17-12(3)16(13(4)21-17)20(24)25-6/h7-9,14,21H,1-6H3/t14-/m0/s1. The molecule has 1 heterocycles. The molecular formula is C20H23NO5. The number of esters is 2. The number of rotatable bonds is 5. The van der Waals surface area contributed by atoms with E-state index in [4.69, 9.17) is 9.47 Å². The third-order valence-electron chi connectivity index (χ3n) is 4.18. The summed E-state index contributed by atoms with van der Waals surface area (Å²) < 4.78 is 10.1. The first-order valence-corrected chi connectivity index (χ1v) is 8.26. The molecule has 0 aliphatic heterocycles. The Morgan fingerprint density at radius 1 is 0.962 bits per heavy atom. The second-order valence-electron chi connectivity index (χ2n) is 6.40. The largest absolute Gasteiger partial charge is 0.465 e. The Morgan fingerprint density at radius 2 is 1.54 bits per heavy atom. The van der Waals surface area contributed by atoms with Gasteiger partial charge in [-0.05, 0) is 52.3 Å². The van der Waals surface area contributed by atoms with Gasteiger partial charge in [-0.15, -0.1) is 0 Å². The zero-order valence-electron chi connectivity index (χ0n) is 15.9. The molecule has 26 heavy (non-hydrogen) atoms. The summed E-state index contributed by atoms with van der Waals surface area (Å²) in [5.41, 5.74) is 3.85. The normalized spacial score (nSPS) is 11.8. The molecule has 0 unspecified atom stereocenters. The lowest BCUT2D eigenvalue weighted by Gasteiger charge is -2.13. The molecule has 1 atom stereocenters. The second kappa shape index (κ2) is 7.56. The summed E-state index contributed by atoms with van der Waals surface area (Å²) in [6.07, 6.45) is -0.995. The number of methoxy groups -OCH3 is 1. The predicted molar refractivity (Wildman–Crippen MR) is 96.7 cm³/mol. The van der Waals surface area contributed by atoms with Crippen LogP contribution in [0.4, 0.5) is 0 Å². The number of carbonyl (C=O) groups excluding carboxylic acids is 3. The van der Waals surface area contributed by atoms with E-state index in [1.54, 1.807) is 26.0 Å². The van der Waals surface area contributed by atoms with Crippen LogP contribution in [0.1, 0.15) is 60.5 Å². The van der Waals surface area contributed by atoms with E-state index in [0.717, 1.165) is 11.1 Å². The minimum atomic E-state index is -0.995. The number of aromatic nitrogens is 1.